The summed E-state index contributed by atoms with van der Waals surface area (Å²) in [7, 11) is 2.03. The maximum absolute atomic E-state index is 6.09. The van der Waals surface area contributed by atoms with E-state index in [0.717, 1.165) is 11.9 Å². The molecule has 4 rings (SSSR count). The summed E-state index contributed by atoms with van der Waals surface area (Å²) in [6.45, 7) is 1.88. The minimum Gasteiger partial charge on any atom is -0.370 e. The second kappa shape index (κ2) is 9.01. The fourth-order valence-corrected chi connectivity index (χ4v) is 4.02. The second-order valence-corrected chi connectivity index (χ2v) is 7.26. The smallest absolute Gasteiger partial charge is 0.194 e. The van der Waals surface area contributed by atoms with Gasteiger partial charge in [0, 0.05) is 32.0 Å². The van der Waals surface area contributed by atoms with Crippen LogP contribution in [0, 0.1) is 5.92 Å². The van der Waals surface area contributed by atoms with Crippen LogP contribution in [-0.4, -0.2) is 44.8 Å². The van der Waals surface area contributed by atoms with Crippen molar-refractivity contribution >= 4 is 35.8 Å². The van der Waals surface area contributed by atoms with Crippen LogP contribution in [0.5, 0.6) is 0 Å². The number of piperidine rings is 1. The van der Waals surface area contributed by atoms with Crippen LogP contribution in [0.1, 0.15) is 37.4 Å². The van der Waals surface area contributed by atoms with Gasteiger partial charge in [0.2, 0.25) is 0 Å². The van der Waals surface area contributed by atoms with Crippen LogP contribution in [0.2, 0.25) is 0 Å². The van der Waals surface area contributed by atoms with E-state index in [0.29, 0.717) is 24.5 Å². The predicted octanol–water partition coefficient (Wildman–Crippen LogP) is 2.78. The van der Waals surface area contributed by atoms with Gasteiger partial charge in [-0.15, -0.1) is 24.0 Å². The standard InChI is InChI=1S/C19H27N7.HI/c1-25-16(9-11-23-25)18-14(5-4-12-26(18)15-7-8-15)13-22-19(20)24-17-6-2-3-10-21-17;/h2-3,6,9-11,14-15,18H,4-5,7-8,12-13H2,1H3,(H3,20,21,22,24);1H/t14-,18+;/m0./s1. The number of nitrogens with two attached hydrogens (primary N) is 1. The quantitative estimate of drug-likeness (QED) is 0.390. The number of anilines is 1. The summed E-state index contributed by atoms with van der Waals surface area (Å²) in [5.41, 5.74) is 7.38. The average molecular weight is 481 g/mol. The van der Waals surface area contributed by atoms with E-state index in [2.05, 4.69) is 31.4 Å². The number of aryl methyl sites for hydroxylation is 1. The molecule has 0 unspecified atom stereocenters. The Bertz CT molecular complexity index is 756. The molecule has 27 heavy (non-hydrogen) atoms. The third-order valence-corrected chi connectivity index (χ3v) is 5.39. The van der Waals surface area contributed by atoms with Gasteiger partial charge in [-0.3, -0.25) is 14.6 Å². The number of likely N-dealkylation sites (tertiary alicyclic amines) is 1. The van der Waals surface area contributed by atoms with Crippen molar-refractivity contribution in [3.8, 4) is 0 Å². The number of guanidine groups is 1. The van der Waals surface area contributed by atoms with Gasteiger partial charge in [0.15, 0.2) is 5.96 Å². The van der Waals surface area contributed by atoms with Gasteiger partial charge in [-0.25, -0.2) is 4.98 Å². The van der Waals surface area contributed by atoms with Gasteiger partial charge in [-0.2, -0.15) is 5.10 Å². The zero-order valence-electron chi connectivity index (χ0n) is 15.7. The molecule has 3 N–H and O–H groups in total. The predicted molar refractivity (Wildman–Crippen MR) is 118 cm³/mol. The highest BCUT2D eigenvalue weighted by Crippen LogP contribution is 2.42. The van der Waals surface area contributed by atoms with E-state index in [4.69, 9.17) is 5.73 Å². The number of rotatable bonds is 5. The number of nitrogens with zero attached hydrogens (tertiary/aromatic N) is 5. The Morgan fingerprint density at radius 3 is 2.78 bits per heavy atom. The fourth-order valence-electron chi connectivity index (χ4n) is 4.02. The first-order valence-corrected chi connectivity index (χ1v) is 9.44. The van der Waals surface area contributed by atoms with E-state index < -0.39 is 0 Å². The zero-order valence-corrected chi connectivity index (χ0v) is 18.0. The van der Waals surface area contributed by atoms with Crippen molar-refractivity contribution in [1.29, 1.82) is 0 Å². The highest BCUT2D eigenvalue weighted by Gasteiger charge is 2.41. The van der Waals surface area contributed by atoms with Crippen molar-refractivity contribution in [2.24, 2.45) is 23.7 Å². The molecule has 3 heterocycles. The molecule has 2 fully saturated rings. The summed E-state index contributed by atoms with van der Waals surface area (Å²) < 4.78 is 2.01. The van der Waals surface area contributed by atoms with Crippen LogP contribution in [0.15, 0.2) is 41.7 Å². The van der Waals surface area contributed by atoms with E-state index in [1.807, 2.05) is 36.1 Å². The molecule has 1 aliphatic carbocycles. The van der Waals surface area contributed by atoms with Crippen molar-refractivity contribution < 1.29 is 0 Å². The van der Waals surface area contributed by atoms with E-state index in [-0.39, 0.29) is 24.0 Å². The van der Waals surface area contributed by atoms with Gasteiger partial charge in [0.25, 0.3) is 0 Å². The lowest BCUT2D eigenvalue weighted by Crippen LogP contribution is -2.42. The topological polar surface area (TPSA) is 84.4 Å². The van der Waals surface area contributed by atoms with Gasteiger partial charge in [-0.1, -0.05) is 6.07 Å². The number of aromatic nitrogens is 3. The van der Waals surface area contributed by atoms with E-state index in [1.165, 1.54) is 37.9 Å². The lowest BCUT2D eigenvalue weighted by Gasteiger charge is -2.41. The van der Waals surface area contributed by atoms with Crippen molar-refractivity contribution in [2.45, 2.75) is 37.8 Å². The summed E-state index contributed by atoms with van der Waals surface area (Å²) in [5, 5.41) is 7.47. The fraction of sp³-hybridized carbons (Fsp3) is 0.526. The minimum atomic E-state index is 0. The van der Waals surface area contributed by atoms with Gasteiger partial charge in [-0.05, 0) is 56.3 Å². The summed E-state index contributed by atoms with van der Waals surface area (Å²) in [6.07, 6.45) is 8.65. The first-order chi connectivity index (χ1) is 12.7. The number of hydrogen-bond donors (Lipinski definition) is 2. The monoisotopic (exact) mass is 481 g/mol. The minimum absolute atomic E-state index is 0. The molecular weight excluding hydrogens is 453 g/mol. The van der Waals surface area contributed by atoms with Gasteiger partial charge in [0.05, 0.1) is 11.7 Å². The maximum atomic E-state index is 6.09. The molecule has 0 aromatic carbocycles. The maximum Gasteiger partial charge on any atom is 0.194 e. The Kier molecular flexibility index (Phi) is 6.69. The summed E-state index contributed by atoms with van der Waals surface area (Å²) in [5.74, 6) is 1.60. The largest absolute Gasteiger partial charge is 0.370 e. The van der Waals surface area contributed by atoms with Crippen LogP contribution in [0.3, 0.4) is 0 Å². The number of pyridine rings is 1. The van der Waals surface area contributed by atoms with Crippen LogP contribution < -0.4 is 11.1 Å². The number of aliphatic imine (C=N–C) groups is 1. The van der Waals surface area contributed by atoms with Crippen LogP contribution in [0.4, 0.5) is 5.82 Å². The first kappa shape index (κ1) is 20.1. The highest BCUT2D eigenvalue weighted by molar-refractivity contribution is 14.0. The average Bonchev–Trinajstić information content (AvgIpc) is 3.42. The molecule has 1 saturated carbocycles. The van der Waals surface area contributed by atoms with Gasteiger partial charge in [0.1, 0.15) is 5.82 Å². The number of hydrogen-bond acceptors (Lipinski definition) is 4. The van der Waals surface area contributed by atoms with Gasteiger partial charge < -0.3 is 11.1 Å². The van der Waals surface area contributed by atoms with Gasteiger partial charge >= 0.3 is 0 Å². The third kappa shape index (κ3) is 4.78. The van der Waals surface area contributed by atoms with Crippen molar-refractivity contribution in [1.82, 2.24) is 19.7 Å². The Morgan fingerprint density at radius 1 is 1.26 bits per heavy atom. The van der Waals surface area contributed by atoms with E-state index in [1.54, 1.807) is 6.20 Å². The molecule has 7 nitrogen and oxygen atoms in total. The second-order valence-electron chi connectivity index (χ2n) is 7.26. The van der Waals surface area contributed by atoms with Crippen molar-refractivity contribution in [3.63, 3.8) is 0 Å². The molecule has 1 aliphatic heterocycles. The van der Waals surface area contributed by atoms with Crippen molar-refractivity contribution in [3.05, 3.63) is 42.4 Å². The third-order valence-electron chi connectivity index (χ3n) is 5.39. The van der Waals surface area contributed by atoms with Crippen LogP contribution in [-0.2, 0) is 7.05 Å². The molecule has 0 bridgehead atoms. The summed E-state index contributed by atoms with van der Waals surface area (Å²) in [4.78, 5) is 11.5. The molecule has 2 aromatic heterocycles. The Hall–Kier alpha value is -1.68. The SMILES string of the molecule is Cn1nccc1[C@H]1[C@H](CN=C(N)Nc2ccccn2)CCCN1C1CC1.I. The molecule has 2 atom stereocenters. The molecule has 2 aliphatic rings. The molecule has 0 spiro atoms. The Balaban J connectivity index is 0.00000210. The van der Waals surface area contributed by atoms with E-state index in [9.17, 15) is 0 Å². The molecular formula is C19H28IN7. The number of halogens is 1. The Labute approximate surface area is 177 Å². The van der Waals surface area contributed by atoms with Crippen LogP contribution >= 0.6 is 24.0 Å². The Morgan fingerprint density at radius 2 is 2.11 bits per heavy atom. The molecule has 146 valence electrons. The zero-order chi connectivity index (χ0) is 17.9. The number of nitrogens with one attached hydrogen (secondary N) is 1. The van der Waals surface area contributed by atoms with Crippen LogP contribution in [0.25, 0.3) is 0 Å². The highest BCUT2D eigenvalue weighted by atomic mass is 127. The normalized spacial score (nSPS) is 23.7. The molecule has 2 aromatic rings. The molecule has 0 radical (unpaired) electrons. The lowest BCUT2D eigenvalue weighted by atomic mass is 9.86. The summed E-state index contributed by atoms with van der Waals surface area (Å²) >= 11 is 0. The van der Waals surface area contributed by atoms with Crippen molar-refractivity contribution in [2.75, 3.05) is 18.4 Å². The molecule has 8 heteroatoms. The van der Waals surface area contributed by atoms with E-state index >= 15 is 0 Å². The lowest BCUT2D eigenvalue weighted by molar-refractivity contribution is 0.0824. The molecule has 1 saturated heterocycles. The first-order valence-electron chi connectivity index (χ1n) is 9.44. The molecule has 0 amide bonds. The summed E-state index contributed by atoms with van der Waals surface area (Å²) in [6, 6.07) is 8.94.